The van der Waals surface area contributed by atoms with Gasteiger partial charge in [-0.25, -0.2) is 9.67 Å². The molecule has 1 N–H and O–H groups in total. The van der Waals surface area contributed by atoms with Crippen molar-refractivity contribution in [3.63, 3.8) is 0 Å². The number of halogens is 1. The van der Waals surface area contributed by atoms with Gasteiger partial charge < -0.3 is 5.32 Å². The van der Waals surface area contributed by atoms with Crippen molar-refractivity contribution in [3.8, 4) is 11.4 Å². The summed E-state index contributed by atoms with van der Waals surface area (Å²) in [5.41, 5.74) is 0.574. The first-order chi connectivity index (χ1) is 8.54. The Bertz CT molecular complexity index is 592. The van der Waals surface area contributed by atoms with Crippen molar-refractivity contribution >= 4 is 27.4 Å². The number of anilines is 1. The summed E-state index contributed by atoms with van der Waals surface area (Å²) in [5, 5.41) is 21.4. The Kier molecular flexibility index (Phi) is 3.24. The normalized spacial score (nSPS) is 10.4. The van der Waals surface area contributed by atoms with Gasteiger partial charge in [0.2, 0.25) is 0 Å². The van der Waals surface area contributed by atoms with Gasteiger partial charge in [0.25, 0.3) is 5.69 Å². The standard InChI is InChI=1S/C9H9BrN6O2/c1-11-6-4-3-5(16(17)18)7(12-6)8-9(10)13-14-15(8)2/h3-4H,1-2H3,(H,11,12). The molecule has 2 heterocycles. The number of nitrogens with one attached hydrogen (secondary N) is 1. The number of hydrogen-bond acceptors (Lipinski definition) is 6. The zero-order valence-corrected chi connectivity index (χ0v) is 11.2. The van der Waals surface area contributed by atoms with Crippen LogP contribution in [0.25, 0.3) is 11.4 Å². The molecule has 94 valence electrons. The number of nitro groups is 1. The van der Waals surface area contributed by atoms with E-state index in [0.717, 1.165) is 0 Å². The zero-order chi connectivity index (χ0) is 13.3. The molecule has 0 saturated carbocycles. The summed E-state index contributed by atoms with van der Waals surface area (Å²) in [4.78, 5) is 14.7. The van der Waals surface area contributed by atoms with E-state index in [9.17, 15) is 10.1 Å². The summed E-state index contributed by atoms with van der Waals surface area (Å²) in [6.45, 7) is 0. The smallest absolute Gasteiger partial charge is 0.297 e. The Balaban J connectivity index is 2.71. The largest absolute Gasteiger partial charge is 0.373 e. The van der Waals surface area contributed by atoms with Crippen molar-refractivity contribution in [3.05, 3.63) is 26.9 Å². The van der Waals surface area contributed by atoms with Crippen LogP contribution in [0, 0.1) is 10.1 Å². The van der Waals surface area contributed by atoms with Gasteiger partial charge in [-0.3, -0.25) is 10.1 Å². The van der Waals surface area contributed by atoms with E-state index in [1.165, 1.54) is 10.7 Å². The van der Waals surface area contributed by atoms with E-state index in [1.54, 1.807) is 20.2 Å². The Morgan fingerprint density at radius 3 is 2.72 bits per heavy atom. The molecule has 0 fully saturated rings. The van der Waals surface area contributed by atoms with E-state index in [0.29, 0.717) is 16.1 Å². The monoisotopic (exact) mass is 312 g/mol. The van der Waals surface area contributed by atoms with Crippen molar-refractivity contribution in [1.29, 1.82) is 0 Å². The maximum Gasteiger partial charge on any atom is 0.297 e. The average molecular weight is 313 g/mol. The third-order valence-electron chi connectivity index (χ3n) is 2.34. The third-order valence-corrected chi connectivity index (χ3v) is 2.87. The Labute approximate surface area is 110 Å². The van der Waals surface area contributed by atoms with Gasteiger partial charge in [0.05, 0.1) is 4.92 Å². The molecule has 0 radical (unpaired) electrons. The Morgan fingerprint density at radius 1 is 1.50 bits per heavy atom. The topological polar surface area (TPSA) is 98.8 Å². The first-order valence-electron chi connectivity index (χ1n) is 4.93. The molecule has 0 aliphatic rings. The zero-order valence-electron chi connectivity index (χ0n) is 9.59. The van der Waals surface area contributed by atoms with Crippen LogP contribution < -0.4 is 5.32 Å². The van der Waals surface area contributed by atoms with Crippen LogP contribution in [0.4, 0.5) is 11.5 Å². The molecule has 18 heavy (non-hydrogen) atoms. The predicted molar refractivity (Wildman–Crippen MR) is 68.1 cm³/mol. The van der Waals surface area contributed by atoms with E-state index in [-0.39, 0.29) is 11.4 Å². The highest BCUT2D eigenvalue weighted by Gasteiger charge is 2.23. The Morgan fingerprint density at radius 2 is 2.22 bits per heavy atom. The quantitative estimate of drug-likeness (QED) is 0.682. The van der Waals surface area contributed by atoms with E-state index in [1.807, 2.05) is 0 Å². The molecule has 2 aromatic rings. The fourth-order valence-electron chi connectivity index (χ4n) is 1.50. The molecule has 0 aliphatic carbocycles. The highest BCUT2D eigenvalue weighted by Crippen LogP contribution is 2.32. The fourth-order valence-corrected chi connectivity index (χ4v) is 2.01. The van der Waals surface area contributed by atoms with Gasteiger partial charge in [0.1, 0.15) is 11.5 Å². The lowest BCUT2D eigenvalue weighted by atomic mass is 10.2. The van der Waals surface area contributed by atoms with Gasteiger partial charge in [-0.15, -0.1) is 5.10 Å². The van der Waals surface area contributed by atoms with Crippen LogP contribution in [-0.2, 0) is 7.05 Å². The number of rotatable bonds is 3. The minimum atomic E-state index is -0.485. The van der Waals surface area contributed by atoms with Crippen LogP contribution >= 0.6 is 15.9 Å². The summed E-state index contributed by atoms with van der Waals surface area (Å²) in [6.07, 6.45) is 0. The fraction of sp³-hybridized carbons (Fsp3) is 0.222. The molecule has 2 rings (SSSR count). The van der Waals surface area contributed by atoms with E-state index in [2.05, 4.69) is 36.5 Å². The number of pyridine rings is 1. The van der Waals surface area contributed by atoms with Crippen LogP contribution in [0.1, 0.15) is 0 Å². The van der Waals surface area contributed by atoms with Crippen molar-refractivity contribution in [1.82, 2.24) is 20.0 Å². The van der Waals surface area contributed by atoms with Crippen LogP contribution in [0.5, 0.6) is 0 Å². The molecule has 0 spiro atoms. The van der Waals surface area contributed by atoms with E-state index >= 15 is 0 Å². The van der Waals surface area contributed by atoms with Crippen LogP contribution in [-0.4, -0.2) is 31.9 Å². The second-order valence-electron chi connectivity index (χ2n) is 3.42. The van der Waals surface area contributed by atoms with E-state index in [4.69, 9.17) is 0 Å². The second kappa shape index (κ2) is 4.69. The number of aryl methyl sites for hydroxylation is 1. The molecule has 8 nitrogen and oxygen atoms in total. The first kappa shape index (κ1) is 12.4. The molecule has 0 aromatic carbocycles. The summed E-state index contributed by atoms with van der Waals surface area (Å²) >= 11 is 3.21. The van der Waals surface area contributed by atoms with Gasteiger partial charge in [-0.2, -0.15) is 0 Å². The Hall–Kier alpha value is -2.03. The SMILES string of the molecule is CNc1ccc([N+](=O)[O-])c(-c2c(Br)nnn2C)n1. The molecule has 0 bridgehead atoms. The average Bonchev–Trinajstić information content (AvgIpc) is 2.68. The van der Waals surface area contributed by atoms with Crippen molar-refractivity contribution in [2.75, 3.05) is 12.4 Å². The molecular formula is C9H9BrN6O2. The van der Waals surface area contributed by atoms with E-state index < -0.39 is 4.92 Å². The third kappa shape index (κ3) is 2.04. The second-order valence-corrected chi connectivity index (χ2v) is 4.17. The van der Waals surface area contributed by atoms with Gasteiger partial charge in [0.15, 0.2) is 10.3 Å². The predicted octanol–water partition coefficient (Wildman–Crippen LogP) is 1.59. The van der Waals surface area contributed by atoms with Crippen LogP contribution in [0.3, 0.4) is 0 Å². The molecular weight excluding hydrogens is 304 g/mol. The van der Waals surface area contributed by atoms with Crippen LogP contribution in [0.2, 0.25) is 0 Å². The van der Waals surface area contributed by atoms with Crippen molar-refractivity contribution in [2.24, 2.45) is 7.05 Å². The van der Waals surface area contributed by atoms with Gasteiger partial charge >= 0.3 is 0 Å². The lowest BCUT2D eigenvalue weighted by Gasteiger charge is -2.05. The minimum absolute atomic E-state index is 0.0971. The molecule has 0 aliphatic heterocycles. The minimum Gasteiger partial charge on any atom is -0.373 e. The molecule has 0 atom stereocenters. The highest BCUT2D eigenvalue weighted by molar-refractivity contribution is 9.10. The maximum atomic E-state index is 11.0. The highest BCUT2D eigenvalue weighted by atomic mass is 79.9. The molecule has 9 heteroatoms. The van der Waals surface area contributed by atoms with Gasteiger partial charge in [0, 0.05) is 20.2 Å². The molecule has 0 unspecified atom stereocenters. The lowest BCUT2D eigenvalue weighted by Crippen LogP contribution is -2.02. The van der Waals surface area contributed by atoms with Gasteiger partial charge in [-0.1, -0.05) is 5.21 Å². The molecule has 0 amide bonds. The molecule has 0 saturated heterocycles. The summed E-state index contributed by atoms with van der Waals surface area (Å²) in [6, 6.07) is 2.94. The number of hydrogen-bond donors (Lipinski definition) is 1. The van der Waals surface area contributed by atoms with Gasteiger partial charge in [-0.05, 0) is 22.0 Å². The summed E-state index contributed by atoms with van der Waals surface area (Å²) in [5.74, 6) is 0.531. The summed E-state index contributed by atoms with van der Waals surface area (Å²) < 4.78 is 1.84. The summed E-state index contributed by atoms with van der Waals surface area (Å²) in [7, 11) is 3.33. The first-order valence-corrected chi connectivity index (χ1v) is 5.72. The maximum absolute atomic E-state index is 11.0. The molecule has 2 aromatic heterocycles. The number of aromatic nitrogens is 4. The lowest BCUT2D eigenvalue weighted by molar-refractivity contribution is -0.384. The van der Waals surface area contributed by atoms with Crippen molar-refractivity contribution < 1.29 is 4.92 Å². The van der Waals surface area contributed by atoms with Crippen LogP contribution in [0.15, 0.2) is 16.7 Å². The number of nitrogens with zero attached hydrogens (tertiary/aromatic N) is 5. The van der Waals surface area contributed by atoms with Crippen molar-refractivity contribution in [2.45, 2.75) is 0 Å².